The number of aromatic nitrogens is 3. The van der Waals surface area contributed by atoms with Gasteiger partial charge in [-0.25, -0.2) is 0 Å². The first-order valence-electron chi connectivity index (χ1n) is 8.07. The zero-order chi connectivity index (χ0) is 15.4. The van der Waals surface area contributed by atoms with E-state index in [9.17, 15) is 5.11 Å². The summed E-state index contributed by atoms with van der Waals surface area (Å²) < 4.78 is 2.05. The van der Waals surface area contributed by atoms with Crippen molar-refractivity contribution in [3.05, 3.63) is 41.2 Å². The molecule has 3 rings (SSSR count). The van der Waals surface area contributed by atoms with E-state index in [1.165, 1.54) is 30.4 Å². The second-order valence-electron chi connectivity index (χ2n) is 5.81. The number of thioether (sulfide) groups is 1. The fourth-order valence-corrected chi connectivity index (χ4v) is 4.34. The topological polar surface area (TPSA) is 50.9 Å². The lowest BCUT2D eigenvalue weighted by molar-refractivity contribution is 0.263. The molecular formula is C17H23N3OS. The van der Waals surface area contributed by atoms with Crippen LogP contribution in [0.5, 0.6) is 0 Å². The Hall–Kier alpha value is -1.33. The van der Waals surface area contributed by atoms with Crippen LogP contribution in [0.1, 0.15) is 49.1 Å². The first kappa shape index (κ1) is 15.6. The molecule has 118 valence electrons. The second-order valence-corrected chi connectivity index (χ2v) is 6.79. The highest BCUT2D eigenvalue weighted by Crippen LogP contribution is 2.35. The highest BCUT2D eigenvalue weighted by atomic mass is 32.2. The monoisotopic (exact) mass is 317 g/mol. The molecule has 0 fully saturated rings. The molecule has 1 unspecified atom stereocenters. The van der Waals surface area contributed by atoms with E-state index < -0.39 is 0 Å². The van der Waals surface area contributed by atoms with Gasteiger partial charge in [-0.1, -0.05) is 43.0 Å². The number of nitrogens with zero attached hydrogens (tertiary/aromatic N) is 3. The van der Waals surface area contributed by atoms with Crippen molar-refractivity contribution in [3.63, 3.8) is 0 Å². The number of hydrogen-bond donors (Lipinski definition) is 1. The van der Waals surface area contributed by atoms with Crippen LogP contribution >= 0.6 is 11.8 Å². The maximum atomic E-state index is 9.37. The van der Waals surface area contributed by atoms with Gasteiger partial charge in [0.2, 0.25) is 0 Å². The molecule has 1 N–H and O–H groups in total. The fourth-order valence-electron chi connectivity index (χ4n) is 3.19. The fraction of sp³-hybridized carbons (Fsp3) is 0.529. The zero-order valence-electron chi connectivity index (χ0n) is 13.0. The Morgan fingerprint density at radius 3 is 3.00 bits per heavy atom. The van der Waals surface area contributed by atoms with E-state index in [0.717, 1.165) is 23.9 Å². The Bertz CT molecular complexity index is 626. The lowest BCUT2D eigenvalue weighted by Gasteiger charge is -2.25. The van der Waals surface area contributed by atoms with Gasteiger partial charge in [0.15, 0.2) is 11.0 Å². The molecule has 0 amide bonds. The minimum Gasteiger partial charge on any atom is -0.388 e. The summed E-state index contributed by atoms with van der Waals surface area (Å²) in [4.78, 5) is 0. The van der Waals surface area contributed by atoms with Crippen LogP contribution in [0, 0.1) is 0 Å². The molecule has 2 aromatic rings. The van der Waals surface area contributed by atoms with Crippen molar-refractivity contribution < 1.29 is 5.11 Å². The molecule has 5 heteroatoms. The highest BCUT2D eigenvalue weighted by molar-refractivity contribution is 7.99. The largest absolute Gasteiger partial charge is 0.388 e. The highest BCUT2D eigenvalue weighted by Gasteiger charge is 2.21. The standard InChI is InChI=1S/C17H23N3OS/c1-2-10-20-16(11-21)18-19-17(20)22-12-14-8-5-7-13-6-3-4-9-15(13)14/h3-4,6,9,14,21H,2,5,7-8,10-12H2,1H3. The Balaban J connectivity index is 1.72. The average Bonchev–Trinajstić information content (AvgIpc) is 2.95. The van der Waals surface area contributed by atoms with Crippen LogP contribution in [-0.4, -0.2) is 25.6 Å². The minimum absolute atomic E-state index is 0.0418. The van der Waals surface area contributed by atoms with E-state index in [1.54, 1.807) is 11.8 Å². The number of aliphatic hydroxyl groups is 1. The summed E-state index contributed by atoms with van der Waals surface area (Å²) in [5.74, 6) is 2.30. The van der Waals surface area contributed by atoms with E-state index in [-0.39, 0.29) is 6.61 Å². The van der Waals surface area contributed by atoms with Crippen LogP contribution in [-0.2, 0) is 19.6 Å². The number of aliphatic hydroxyl groups excluding tert-OH is 1. The van der Waals surface area contributed by atoms with Crippen LogP contribution in [0.4, 0.5) is 0 Å². The SMILES string of the molecule is CCCn1c(CO)nnc1SCC1CCCc2ccccc21. The molecule has 0 saturated heterocycles. The number of rotatable bonds is 6. The van der Waals surface area contributed by atoms with Crippen molar-refractivity contribution in [3.8, 4) is 0 Å². The number of aryl methyl sites for hydroxylation is 1. The number of benzene rings is 1. The van der Waals surface area contributed by atoms with E-state index in [2.05, 4.69) is 46.0 Å². The molecular weight excluding hydrogens is 294 g/mol. The van der Waals surface area contributed by atoms with Crippen molar-refractivity contribution in [2.45, 2.75) is 56.8 Å². The Morgan fingerprint density at radius 2 is 2.18 bits per heavy atom. The summed E-state index contributed by atoms with van der Waals surface area (Å²) in [6.45, 7) is 2.96. The molecule has 0 aliphatic heterocycles. The van der Waals surface area contributed by atoms with Gasteiger partial charge in [0, 0.05) is 12.3 Å². The predicted octanol–water partition coefficient (Wildman–Crippen LogP) is 3.39. The molecule has 0 saturated carbocycles. The van der Waals surface area contributed by atoms with Gasteiger partial charge in [0.1, 0.15) is 6.61 Å². The lowest BCUT2D eigenvalue weighted by Crippen LogP contribution is -2.12. The third-order valence-electron chi connectivity index (χ3n) is 4.29. The number of fused-ring (bicyclic) bond motifs is 1. The molecule has 1 heterocycles. The Labute approximate surface area is 136 Å². The predicted molar refractivity (Wildman–Crippen MR) is 89.1 cm³/mol. The average molecular weight is 317 g/mol. The Kier molecular flexibility index (Phi) is 5.16. The third-order valence-corrected chi connectivity index (χ3v) is 5.42. The molecule has 1 aliphatic carbocycles. The normalized spacial score (nSPS) is 17.5. The molecule has 0 spiro atoms. The minimum atomic E-state index is -0.0418. The summed E-state index contributed by atoms with van der Waals surface area (Å²) in [6, 6.07) is 8.82. The maximum absolute atomic E-state index is 9.37. The molecule has 1 aliphatic rings. The van der Waals surface area contributed by atoms with Gasteiger partial charge in [-0.15, -0.1) is 10.2 Å². The van der Waals surface area contributed by atoms with Crippen molar-refractivity contribution >= 4 is 11.8 Å². The number of hydrogen-bond acceptors (Lipinski definition) is 4. The van der Waals surface area contributed by atoms with Crippen LogP contribution in [0.3, 0.4) is 0 Å². The van der Waals surface area contributed by atoms with Crippen LogP contribution in [0.15, 0.2) is 29.4 Å². The van der Waals surface area contributed by atoms with Gasteiger partial charge in [0.25, 0.3) is 0 Å². The Morgan fingerprint density at radius 1 is 1.32 bits per heavy atom. The molecule has 1 atom stereocenters. The van der Waals surface area contributed by atoms with Crippen molar-refractivity contribution in [1.29, 1.82) is 0 Å². The van der Waals surface area contributed by atoms with Crippen molar-refractivity contribution in [2.24, 2.45) is 0 Å². The van der Waals surface area contributed by atoms with Gasteiger partial charge < -0.3 is 9.67 Å². The van der Waals surface area contributed by atoms with Crippen LogP contribution < -0.4 is 0 Å². The van der Waals surface area contributed by atoms with E-state index >= 15 is 0 Å². The van der Waals surface area contributed by atoms with Gasteiger partial charge in [-0.05, 0) is 42.7 Å². The lowest BCUT2D eigenvalue weighted by atomic mass is 9.84. The maximum Gasteiger partial charge on any atom is 0.191 e. The summed E-state index contributed by atoms with van der Waals surface area (Å²) in [7, 11) is 0. The van der Waals surface area contributed by atoms with Crippen molar-refractivity contribution in [1.82, 2.24) is 14.8 Å². The summed E-state index contributed by atoms with van der Waals surface area (Å²) in [6.07, 6.45) is 4.74. The summed E-state index contributed by atoms with van der Waals surface area (Å²) in [5, 5.41) is 18.7. The first-order valence-corrected chi connectivity index (χ1v) is 9.05. The second kappa shape index (κ2) is 7.29. The molecule has 22 heavy (non-hydrogen) atoms. The summed E-state index contributed by atoms with van der Waals surface area (Å²) in [5.41, 5.74) is 3.01. The molecule has 0 bridgehead atoms. The van der Waals surface area contributed by atoms with E-state index in [4.69, 9.17) is 0 Å². The third kappa shape index (κ3) is 3.20. The van der Waals surface area contributed by atoms with E-state index in [0.29, 0.717) is 11.7 Å². The quantitative estimate of drug-likeness (QED) is 0.830. The molecule has 1 aromatic heterocycles. The molecule has 4 nitrogen and oxygen atoms in total. The smallest absolute Gasteiger partial charge is 0.191 e. The van der Waals surface area contributed by atoms with E-state index in [1.807, 2.05) is 0 Å². The summed E-state index contributed by atoms with van der Waals surface area (Å²) >= 11 is 1.77. The molecule has 1 aromatic carbocycles. The van der Waals surface area contributed by atoms with Crippen LogP contribution in [0.25, 0.3) is 0 Å². The van der Waals surface area contributed by atoms with Gasteiger partial charge in [-0.3, -0.25) is 0 Å². The molecule has 0 radical (unpaired) electrons. The van der Waals surface area contributed by atoms with Gasteiger partial charge in [0.05, 0.1) is 0 Å². The zero-order valence-corrected chi connectivity index (χ0v) is 13.9. The van der Waals surface area contributed by atoms with Crippen molar-refractivity contribution in [2.75, 3.05) is 5.75 Å². The van der Waals surface area contributed by atoms with Gasteiger partial charge >= 0.3 is 0 Å². The first-order chi connectivity index (χ1) is 10.8. The van der Waals surface area contributed by atoms with Gasteiger partial charge in [-0.2, -0.15) is 0 Å². The van der Waals surface area contributed by atoms with Crippen LogP contribution in [0.2, 0.25) is 0 Å².